The van der Waals surface area contributed by atoms with Crippen LogP contribution >= 0.6 is 23.2 Å². The van der Waals surface area contributed by atoms with Crippen LogP contribution in [0.4, 0.5) is 0 Å². The molecule has 10 heteroatoms. The SMILES string of the molecule is CN(C)C(=O)C(=O)c1cn(C)c2cc(Cl)c(C(=O)N3CCc4c(cnn4-c4ccccc4Cl)C3)cc12. The highest BCUT2D eigenvalue weighted by molar-refractivity contribution is 6.45. The molecule has 0 N–H and O–H groups in total. The van der Waals surface area contributed by atoms with E-state index in [4.69, 9.17) is 23.2 Å². The van der Waals surface area contributed by atoms with Crippen molar-refractivity contribution in [2.75, 3.05) is 20.6 Å². The van der Waals surface area contributed by atoms with Crippen LogP contribution in [0.5, 0.6) is 0 Å². The molecule has 4 aromatic rings. The average Bonchev–Trinajstić information content (AvgIpc) is 3.42. The summed E-state index contributed by atoms with van der Waals surface area (Å²) in [6.07, 6.45) is 3.94. The van der Waals surface area contributed by atoms with Gasteiger partial charge in [0.15, 0.2) is 0 Å². The quantitative estimate of drug-likeness (QED) is 0.297. The smallest absolute Gasteiger partial charge is 0.294 e. The van der Waals surface area contributed by atoms with Crippen molar-refractivity contribution in [1.29, 1.82) is 0 Å². The van der Waals surface area contributed by atoms with E-state index >= 15 is 0 Å². The Balaban J connectivity index is 1.47. The fourth-order valence-corrected chi connectivity index (χ4v) is 5.03. The Morgan fingerprint density at radius 2 is 1.78 bits per heavy atom. The molecule has 8 nitrogen and oxygen atoms in total. The Labute approximate surface area is 217 Å². The Morgan fingerprint density at radius 3 is 2.50 bits per heavy atom. The number of ketones is 1. The molecule has 0 atom stereocenters. The van der Waals surface area contributed by atoms with Gasteiger partial charge in [-0.05, 0) is 24.3 Å². The highest BCUT2D eigenvalue weighted by atomic mass is 35.5. The third-order valence-electron chi connectivity index (χ3n) is 6.46. The summed E-state index contributed by atoms with van der Waals surface area (Å²) < 4.78 is 3.55. The van der Waals surface area contributed by atoms with Crippen LogP contribution in [0.15, 0.2) is 48.8 Å². The standard InChI is InChI=1S/C26H23Cl2N5O3/c1-30(2)26(36)24(34)18-14-31(3)23-11-20(28)17(10-16(18)23)25(35)32-9-8-21-15(13-32)12-29-33(21)22-7-5-4-6-19(22)27/h4-7,10-12,14H,8-9,13H2,1-3H3. The number of fused-ring (bicyclic) bond motifs is 2. The van der Waals surface area contributed by atoms with E-state index in [1.165, 1.54) is 19.0 Å². The van der Waals surface area contributed by atoms with E-state index in [0.717, 1.165) is 16.9 Å². The van der Waals surface area contributed by atoms with Gasteiger partial charge in [-0.1, -0.05) is 35.3 Å². The highest BCUT2D eigenvalue weighted by Crippen LogP contribution is 2.31. The molecule has 3 heterocycles. The molecule has 2 aromatic carbocycles. The van der Waals surface area contributed by atoms with Gasteiger partial charge in [-0.2, -0.15) is 5.10 Å². The number of carbonyl (C=O) groups excluding carboxylic acids is 3. The number of likely N-dealkylation sites (N-methyl/N-ethyl adjacent to an activating group) is 1. The van der Waals surface area contributed by atoms with Gasteiger partial charge >= 0.3 is 0 Å². The van der Waals surface area contributed by atoms with Crippen molar-refractivity contribution in [2.24, 2.45) is 7.05 Å². The lowest BCUT2D eigenvalue weighted by Gasteiger charge is -2.28. The van der Waals surface area contributed by atoms with Crippen LogP contribution in [-0.4, -0.2) is 62.4 Å². The number of aromatic nitrogens is 3. The highest BCUT2D eigenvalue weighted by Gasteiger charge is 2.29. The summed E-state index contributed by atoms with van der Waals surface area (Å²) in [6, 6.07) is 10.8. The van der Waals surface area contributed by atoms with Gasteiger partial charge in [0.25, 0.3) is 17.6 Å². The number of hydrogen-bond donors (Lipinski definition) is 0. The molecule has 36 heavy (non-hydrogen) atoms. The lowest BCUT2D eigenvalue weighted by Crippen LogP contribution is -2.36. The number of nitrogens with zero attached hydrogens (tertiary/aromatic N) is 5. The maximum Gasteiger partial charge on any atom is 0.294 e. The summed E-state index contributed by atoms with van der Waals surface area (Å²) in [4.78, 5) is 41.6. The average molecular weight is 524 g/mol. The number of para-hydroxylation sites is 1. The number of hydrogen-bond acceptors (Lipinski definition) is 4. The first-order chi connectivity index (χ1) is 17.2. The molecule has 1 aliphatic heterocycles. The second kappa shape index (κ2) is 9.11. The number of carbonyl (C=O) groups is 3. The number of rotatable bonds is 4. The molecule has 0 saturated carbocycles. The van der Waals surface area contributed by atoms with E-state index in [0.29, 0.717) is 35.4 Å². The monoisotopic (exact) mass is 523 g/mol. The minimum Gasteiger partial charge on any atom is -0.350 e. The Bertz CT molecular complexity index is 1550. The number of halogens is 2. The topological polar surface area (TPSA) is 80.4 Å². The molecule has 0 spiro atoms. The normalized spacial score (nSPS) is 13.1. The first kappa shape index (κ1) is 24.1. The van der Waals surface area contributed by atoms with Crippen LogP contribution in [0.3, 0.4) is 0 Å². The molecule has 0 unspecified atom stereocenters. The number of amides is 2. The lowest BCUT2D eigenvalue weighted by atomic mass is 10.0. The van der Waals surface area contributed by atoms with E-state index in [-0.39, 0.29) is 22.1 Å². The molecular weight excluding hydrogens is 501 g/mol. The van der Waals surface area contributed by atoms with Crippen molar-refractivity contribution < 1.29 is 14.4 Å². The largest absolute Gasteiger partial charge is 0.350 e. The summed E-state index contributed by atoms with van der Waals surface area (Å²) >= 11 is 12.9. The number of aryl methyl sites for hydroxylation is 1. The molecule has 0 fully saturated rings. The van der Waals surface area contributed by atoms with Gasteiger partial charge in [-0.15, -0.1) is 0 Å². The minimum absolute atomic E-state index is 0.235. The van der Waals surface area contributed by atoms with Crippen LogP contribution < -0.4 is 0 Å². The van der Waals surface area contributed by atoms with Gasteiger partial charge in [0, 0.05) is 57.8 Å². The van der Waals surface area contributed by atoms with Gasteiger partial charge in [0.2, 0.25) is 0 Å². The fourth-order valence-electron chi connectivity index (χ4n) is 4.57. The maximum atomic E-state index is 13.6. The van der Waals surface area contributed by atoms with E-state index in [9.17, 15) is 14.4 Å². The molecule has 0 radical (unpaired) electrons. The summed E-state index contributed by atoms with van der Waals surface area (Å²) in [7, 11) is 4.81. The van der Waals surface area contributed by atoms with Crippen molar-refractivity contribution in [1.82, 2.24) is 24.1 Å². The molecule has 0 bridgehead atoms. The summed E-state index contributed by atoms with van der Waals surface area (Å²) in [5, 5.41) is 5.90. The van der Waals surface area contributed by atoms with Gasteiger partial charge in [-0.3, -0.25) is 14.4 Å². The first-order valence-electron chi connectivity index (χ1n) is 11.3. The van der Waals surface area contributed by atoms with Crippen LogP contribution in [0.2, 0.25) is 10.0 Å². The van der Waals surface area contributed by atoms with Gasteiger partial charge in [0.1, 0.15) is 0 Å². The third-order valence-corrected chi connectivity index (χ3v) is 7.09. The third kappa shape index (κ3) is 3.96. The molecule has 2 aromatic heterocycles. The van der Waals surface area contributed by atoms with Crippen molar-refractivity contribution in [3.8, 4) is 5.69 Å². The predicted octanol–water partition coefficient (Wildman–Crippen LogP) is 4.14. The molecule has 0 aliphatic carbocycles. The number of Topliss-reactive ketones (excluding diaryl/α,β-unsaturated/α-hetero) is 1. The molecule has 184 valence electrons. The predicted molar refractivity (Wildman–Crippen MR) is 138 cm³/mol. The maximum absolute atomic E-state index is 13.6. The van der Waals surface area contributed by atoms with Crippen LogP contribution in [0.1, 0.15) is 32.0 Å². The molecule has 0 saturated heterocycles. The first-order valence-corrected chi connectivity index (χ1v) is 12.1. The van der Waals surface area contributed by atoms with E-state index < -0.39 is 11.7 Å². The second-order valence-corrected chi connectivity index (χ2v) is 9.80. The van der Waals surface area contributed by atoms with Crippen molar-refractivity contribution in [3.63, 3.8) is 0 Å². The van der Waals surface area contributed by atoms with E-state index in [1.54, 1.807) is 41.0 Å². The molecule has 5 rings (SSSR count). The fraction of sp³-hybridized carbons (Fsp3) is 0.231. The Kier molecular flexibility index (Phi) is 6.10. The van der Waals surface area contributed by atoms with Crippen molar-refractivity contribution >= 4 is 51.7 Å². The molecule has 1 aliphatic rings. The van der Waals surface area contributed by atoms with Crippen LogP contribution in [0, 0.1) is 0 Å². The van der Waals surface area contributed by atoms with Crippen molar-refractivity contribution in [3.05, 3.63) is 81.2 Å². The van der Waals surface area contributed by atoms with Crippen LogP contribution in [-0.2, 0) is 24.8 Å². The number of benzene rings is 2. The van der Waals surface area contributed by atoms with Crippen LogP contribution in [0.25, 0.3) is 16.6 Å². The minimum atomic E-state index is -0.638. The Hall–Kier alpha value is -3.62. The summed E-state index contributed by atoms with van der Waals surface area (Å²) in [5.41, 5.74) is 3.91. The lowest BCUT2D eigenvalue weighted by molar-refractivity contribution is -0.124. The van der Waals surface area contributed by atoms with Gasteiger partial charge < -0.3 is 14.4 Å². The van der Waals surface area contributed by atoms with E-state index in [2.05, 4.69) is 5.10 Å². The van der Waals surface area contributed by atoms with E-state index in [1.807, 2.05) is 28.9 Å². The zero-order valence-corrected chi connectivity index (χ0v) is 21.5. The summed E-state index contributed by atoms with van der Waals surface area (Å²) in [5.74, 6) is -1.52. The van der Waals surface area contributed by atoms with Gasteiger partial charge in [-0.25, -0.2) is 4.68 Å². The zero-order chi connectivity index (χ0) is 25.7. The zero-order valence-electron chi connectivity index (χ0n) is 20.0. The van der Waals surface area contributed by atoms with Gasteiger partial charge in [0.05, 0.1) is 44.3 Å². The van der Waals surface area contributed by atoms with Crippen molar-refractivity contribution in [2.45, 2.75) is 13.0 Å². The second-order valence-electron chi connectivity index (χ2n) is 8.99. The summed E-state index contributed by atoms with van der Waals surface area (Å²) in [6.45, 7) is 0.836. The Morgan fingerprint density at radius 1 is 1.03 bits per heavy atom. The molecular formula is C26H23Cl2N5O3. The molecule has 2 amide bonds.